The van der Waals surface area contributed by atoms with Gasteiger partial charge in [0.05, 0.1) is 24.0 Å². The van der Waals surface area contributed by atoms with Crippen molar-refractivity contribution in [3.8, 4) is 5.75 Å². The summed E-state index contributed by atoms with van der Waals surface area (Å²) in [5.41, 5.74) is 3.43. The minimum absolute atomic E-state index is 0.505. The first-order valence-corrected chi connectivity index (χ1v) is 8.59. The first kappa shape index (κ1) is 16.8. The Morgan fingerprint density at radius 3 is 2.56 bits per heavy atom. The molecule has 0 bridgehead atoms. The highest BCUT2D eigenvalue weighted by Gasteiger charge is 2.08. The predicted molar refractivity (Wildman–Crippen MR) is 108 cm³/mol. The first-order chi connectivity index (χ1) is 13.2. The number of benzene rings is 2. The molecule has 27 heavy (non-hydrogen) atoms. The largest absolute Gasteiger partial charge is 0.495 e. The highest BCUT2D eigenvalue weighted by molar-refractivity contribution is 5.91. The molecule has 2 aromatic heterocycles. The second kappa shape index (κ2) is 7.29. The van der Waals surface area contributed by atoms with E-state index in [0.29, 0.717) is 11.8 Å². The quantitative estimate of drug-likeness (QED) is 0.533. The number of fused-ring (bicyclic) bond motifs is 1. The van der Waals surface area contributed by atoms with Gasteiger partial charge in [0.1, 0.15) is 11.6 Å². The normalized spacial score (nSPS) is 10.6. The number of hydrogen-bond donors (Lipinski definition) is 2. The topological polar surface area (TPSA) is 72.0 Å². The van der Waals surface area contributed by atoms with E-state index in [2.05, 4.69) is 25.6 Å². The molecule has 6 nitrogen and oxygen atoms in total. The molecule has 0 spiro atoms. The molecule has 0 aliphatic heterocycles. The number of ether oxygens (including phenoxy) is 1. The monoisotopic (exact) mass is 357 g/mol. The third-order valence-electron chi connectivity index (χ3n) is 4.10. The minimum Gasteiger partial charge on any atom is -0.495 e. The summed E-state index contributed by atoms with van der Waals surface area (Å²) in [6.45, 7) is 1.93. The van der Waals surface area contributed by atoms with Crippen LogP contribution in [0.2, 0.25) is 0 Å². The summed E-state index contributed by atoms with van der Waals surface area (Å²) in [5.74, 6) is 1.94. The number of para-hydroxylation sites is 3. The second-order valence-electron chi connectivity index (χ2n) is 6.05. The molecule has 0 saturated heterocycles. The number of rotatable bonds is 5. The second-order valence-corrected chi connectivity index (χ2v) is 6.05. The van der Waals surface area contributed by atoms with Gasteiger partial charge in [0.25, 0.3) is 0 Å². The molecule has 4 rings (SSSR count). The fourth-order valence-electron chi connectivity index (χ4n) is 2.90. The van der Waals surface area contributed by atoms with Crippen LogP contribution in [0, 0.1) is 6.92 Å². The highest BCUT2D eigenvalue weighted by atomic mass is 16.5. The van der Waals surface area contributed by atoms with Crippen molar-refractivity contribution in [2.45, 2.75) is 6.92 Å². The fourth-order valence-corrected chi connectivity index (χ4v) is 2.90. The summed E-state index contributed by atoms with van der Waals surface area (Å²) in [7, 11) is 1.65. The number of methoxy groups -OCH3 is 1. The van der Waals surface area contributed by atoms with Crippen molar-refractivity contribution in [2.75, 3.05) is 17.7 Å². The molecular formula is C21H19N5O. The van der Waals surface area contributed by atoms with Crippen LogP contribution in [-0.2, 0) is 0 Å². The standard InChI is InChI=1S/C21H19N5O/c1-14-13-19(24-16-9-3-4-11-18(16)27-2)26-21(23-14)25-17-10-5-7-15-8-6-12-22-20(15)17/h3-13H,1-2H3,(H2,23,24,25,26). The van der Waals surface area contributed by atoms with Crippen molar-refractivity contribution >= 4 is 34.0 Å². The summed E-state index contributed by atoms with van der Waals surface area (Å²) >= 11 is 0. The maximum Gasteiger partial charge on any atom is 0.229 e. The van der Waals surface area contributed by atoms with Crippen molar-refractivity contribution in [1.82, 2.24) is 15.0 Å². The Morgan fingerprint density at radius 1 is 0.852 bits per heavy atom. The van der Waals surface area contributed by atoms with Crippen molar-refractivity contribution in [1.29, 1.82) is 0 Å². The number of hydrogen-bond acceptors (Lipinski definition) is 6. The van der Waals surface area contributed by atoms with E-state index in [1.807, 2.05) is 67.6 Å². The van der Waals surface area contributed by atoms with E-state index in [4.69, 9.17) is 4.74 Å². The Morgan fingerprint density at radius 2 is 1.67 bits per heavy atom. The minimum atomic E-state index is 0.505. The van der Waals surface area contributed by atoms with Crippen LogP contribution in [0.4, 0.5) is 23.1 Å². The molecule has 2 aromatic carbocycles. The van der Waals surface area contributed by atoms with E-state index < -0.39 is 0 Å². The maximum absolute atomic E-state index is 5.39. The Balaban J connectivity index is 1.66. The van der Waals surface area contributed by atoms with Gasteiger partial charge in [0, 0.05) is 23.3 Å². The molecule has 2 N–H and O–H groups in total. The number of aryl methyl sites for hydroxylation is 1. The van der Waals surface area contributed by atoms with Crippen LogP contribution in [0.1, 0.15) is 5.69 Å². The van der Waals surface area contributed by atoms with Crippen LogP contribution in [-0.4, -0.2) is 22.1 Å². The Labute approximate surface area is 157 Å². The van der Waals surface area contributed by atoms with E-state index in [1.54, 1.807) is 13.3 Å². The molecule has 0 atom stereocenters. The first-order valence-electron chi connectivity index (χ1n) is 8.59. The number of nitrogens with one attached hydrogen (secondary N) is 2. The summed E-state index contributed by atoms with van der Waals surface area (Å²) < 4.78 is 5.39. The van der Waals surface area contributed by atoms with Gasteiger partial charge in [-0.2, -0.15) is 4.98 Å². The average Bonchev–Trinajstić information content (AvgIpc) is 2.68. The van der Waals surface area contributed by atoms with Crippen LogP contribution in [0.25, 0.3) is 10.9 Å². The molecule has 0 saturated carbocycles. The van der Waals surface area contributed by atoms with Gasteiger partial charge in [-0.05, 0) is 31.2 Å². The SMILES string of the molecule is COc1ccccc1Nc1cc(C)nc(Nc2cccc3cccnc23)n1. The zero-order chi connectivity index (χ0) is 18.6. The number of nitrogens with zero attached hydrogens (tertiary/aromatic N) is 3. The van der Waals surface area contributed by atoms with Gasteiger partial charge < -0.3 is 15.4 Å². The number of aromatic nitrogens is 3. The molecule has 4 aromatic rings. The molecule has 0 aliphatic carbocycles. The summed E-state index contributed by atoms with van der Waals surface area (Å²) in [6, 6.07) is 19.5. The van der Waals surface area contributed by atoms with E-state index >= 15 is 0 Å². The molecule has 134 valence electrons. The zero-order valence-corrected chi connectivity index (χ0v) is 15.1. The van der Waals surface area contributed by atoms with Crippen LogP contribution in [0.3, 0.4) is 0 Å². The van der Waals surface area contributed by atoms with Gasteiger partial charge in [0.15, 0.2) is 0 Å². The lowest BCUT2D eigenvalue weighted by Crippen LogP contribution is -2.03. The lowest BCUT2D eigenvalue weighted by Gasteiger charge is -2.13. The molecule has 6 heteroatoms. The molecule has 0 radical (unpaired) electrons. The van der Waals surface area contributed by atoms with Gasteiger partial charge in [-0.1, -0.05) is 30.3 Å². The Bertz CT molecular complexity index is 1090. The van der Waals surface area contributed by atoms with Gasteiger partial charge in [-0.15, -0.1) is 0 Å². The third kappa shape index (κ3) is 3.64. The molecule has 0 fully saturated rings. The Kier molecular flexibility index (Phi) is 4.53. The van der Waals surface area contributed by atoms with Crippen LogP contribution >= 0.6 is 0 Å². The third-order valence-corrected chi connectivity index (χ3v) is 4.10. The molecule has 0 amide bonds. The van der Waals surface area contributed by atoms with E-state index in [0.717, 1.165) is 33.7 Å². The highest BCUT2D eigenvalue weighted by Crippen LogP contribution is 2.28. The van der Waals surface area contributed by atoms with Crippen LogP contribution in [0.15, 0.2) is 66.9 Å². The lowest BCUT2D eigenvalue weighted by atomic mass is 10.2. The molecule has 0 unspecified atom stereocenters. The van der Waals surface area contributed by atoms with Crippen molar-refractivity contribution < 1.29 is 4.74 Å². The van der Waals surface area contributed by atoms with E-state index in [9.17, 15) is 0 Å². The van der Waals surface area contributed by atoms with E-state index in [1.165, 1.54) is 0 Å². The summed E-state index contributed by atoms with van der Waals surface area (Å²) in [5, 5.41) is 7.64. The van der Waals surface area contributed by atoms with Crippen molar-refractivity contribution in [3.63, 3.8) is 0 Å². The molecule has 0 aliphatic rings. The van der Waals surface area contributed by atoms with Crippen LogP contribution in [0.5, 0.6) is 5.75 Å². The van der Waals surface area contributed by atoms with Gasteiger partial charge in [-0.3, -0.25) is 4.98 Å². The number of pyridine rings is 1. The molecule has 2 heterocycles. The lowest BCUT2D eigenvalue weighted by molar-refractivity contribution is 0.417. The fraction of sp³-hybridized carbons (Fsp3) is 0.0952. The van der Waals surface area contributed by atoms with Gasteiger partial charge in [0.2, 0.25) is 5.95 Å². The van der Waals surface area contributed by atoms with Crippen molar-refractivity contribution in [2.24, 2.45) is 0 Å². The summed E-state index contributed by atoms with van der Waals surface area (Å²) in [6.07, 6.45) is 1.78. The van der Waals surface area contributed by atoms with E-state index in [-0.39, 0.29) is 0 Å². The van der Waals surface area contributed by atoms with Gasteiger partial charge >= 0.3 is 0 Å². The Hall–Kier alpha value is -3.67. The smallest absolute Gasteiger partial charge is 0.229 e. The predicted octanol–water partition coefficient (Wildman–Crippen LogP) is 4.83. The molecular weight excluding hydrogens is 338 g/mol. The van der Waals surface area contributed by atoms with Crippen molar-refractivity contribution in [3.05, 3.63) is 72.6 Å². The number of anilines is 4. The van der Waals surface area contributed by atoms with Crippen LogP contribution < -0.4 is 15.4 Å². The average molecular weight is 357 g/mol. The maximum atomic E-state index is 5.39. The zero-order valence-electron chi connectivity index (χ0n) is 15.1. The summed E-state index contributed by atoms with van der Waals surface area (Å²) in [4.78, 5) is 13.6. The van der Waals surface area contributed by atoms with Gasteiger partial charge in [-0.25, -0.2) is 4.98 Å².